The van der Waals surface area contributed by atoms with Crippen LogP contribution in [0.5, 0.6) is 17.2 Å². The molecule has 0 spiro atoms. The lowest BCUT2D eigenvalue weighted by molar-refractivity contribution is -0.130. The predicted molar refractivity (Wildman–Crippen MR) is 92.6 cm³/mol. The second kappa shape index (κ2) is 5.23. The monoisotopic (exact) mass is 354 g/mol. The van der Waals surface area contributed by atoms with Crippen LogP contribution in [0.25, 0.3) is 27.5 Å². The molecule has 0 amide bonds. The molecule has 2 aliphatic heterocycles. The summed E-state index contributed by atoms with van der Waals surface area (Å²) in [5, 5.41) is 10.3. The van der Waals surface area contributed by atoms with Crippen molar-refractivity contribution in [2.75, 3.05) is 14.2 Å². The zero-order chi connectivity index (χ0) is 18.0. The van der Waals surface area contributed by atoms with Gasteiger partial charge in [-0.2, -0.15) is 0 Å². The number of methoxy groups -OCH3 is 2. The van der Waals surface area contributed by atoms with E-state index in [9.17, 15) is 9.90 Å². The molecular formula is C19H14O7. The van der Waals surface area contributed by atoms with Crippen LogP contribution in [0.15, 0.2) is 39.6 Å². The van der Waals surface area contributed by atoms with Gasteiger partial charge in [0, 0.05) is 11.6 Å². The van der Waals surface area contributed by atoms with E-state index in [0.717, 1.165) is 0 Å². The fraction of sp³-hybridized carbons (Fsp3) is 0.211. The van der Waals surface area contributed by atoms with Crippen molar-refractivity contribution in [1.29, 1.82) is 0 Å². The smallest absolute Gasteiger partial charge is 0.230 e. The molecule has 0 saturated carbocycles. The van der Waals surface area contributed by atoms with E-state index in [-0.39, 0.29) is 10.8 Å². The number of aliphatic hydroxyl groups is 1. The minimum atomic E-state index is -1.06. The van der Waals surface area contributed by atoms with Crippen LogP contribution in [0.4, 0.5) is 0 Å². The molecule has 0 saturated heterocycles. The third-order valence-corrected chi connectivity index (χ3v) is 4.66. The third-order valence-electron chi connectivity index (χ3n) is 4.66. The Hall–Kier alpha value is -3.03. The molecule has 1 unspecified atom stereocenters. The highest BCUT2D eigenvalue weighted by Gasteiger charge is 2.39. The van der Waals surface area contributed by atoms with Crippen molar-refractivity contribution in [3.8, 4) is 17.2 Å². The lowest BCUT2D eigenvalue weighted by atomic mass is 10.0. The molecule has 0 aliphatic carbocycles. The SMILES string of the molecule is COc1cccc2oc3c4c(cc(OC)c3c(=O)c12)OC1O[C@@H](O)C=C41. The first-order chi connectivity index (χ1) is 12.6. The van der Waals surface area contributed by atoms with Crippen LogP contribution >= 0.6 is 0 Å². The van der Waals surface area contributed by atoms with Gasteiger partial charge in [0.25, 0.3) is 0 Å². The first kappa shape index (κ1) is 15.2. The van der Waals surface area contributed by atoms with Crippen LogP contribution in [0.2, 0.25) is 0 Å². The van der Waals surface area contributed by atoms with Crippen molar-refractivity contribution < 1.29 is 28.5 Å². The Balaban J connectivity index is 1.97. The fourth-order valence-electron chi connectivity index (χ4n) is 3.56. The first-order valence-corrected chi connectivity index (χ1v) is 7.99. The van der Waals surface area contributed by atoms with E-state index in [1.807, 2.05) is 0 Å². The highest BCUT2D eigenvalue weighted by atomic mass is 16.7. The van der Waals surface area contributed by atoms with Crippen LogP contribution < -0.4 is 19.6 Å². The van der Waals surface area contributed by atoms with Crippen molar-refractivity contribution in [3.05, 3.63) is 46.1 Å². The van der Waals surface area contributed by atoms with Crippen molar-refractivity contribution in [2.24, 2.45) is 0 Å². The second-order valence-electron chi connectivity index (χ2n) is 6.02. The Bertz CT molecular complexity index is 1160. The van der Waals surface area contributed by atoms with Crippen LogP contribution in [-0.2, 0) is 4.74 Å². The number of hydrogen-bond acceptors (Lipinski definition) is 7. The molecule has 2 aromatic carbocycles. The van der Waals surface area contributed by atoms with Crippen LogP contribution in [-0.4, -0.2) is 31.9 Å². The van der Waals surface area contributed by atoms with Gasteiger partial charge in [-0.1, -0.05) is 6.07 Å². The van der Waals surface area contributed by atoms with Crippen molar-refractivity contribution in [3.63, 3.8) is 0 Å². The minimum absolute atomic E-state index is 0.262. The maximum absolute atomic E-state index is 13.2. The Morgan fingerprint density at radius 1 is 1.12 bits per heavy atom. The van der Waals surface area contributed by atoms with Crippen molar-refractivity contribution >= 4 is 27.5 Å². The fourth-order valence-corrected chi connectivity index (χ4v) is 3.56. The molecule has 0 fully saturated rings. The quantitative estimate of drug-likeness (QED) is 0.707. The van der Waals surface area contributed by atoms with Gasteiger partial charge in [0.15, 0.2) is 11.9 Å². The molecule has 3 aromatic rings. The van der Waals surface area contributed by atoms with E-state index in [4.69, 9.17) is 23.4 Å². The summed E-state index contributed by atoms with van der Waals surface area (Å²) in [6.07, 6.45) is -0.257. The summed E-state index contributed by atoms with van der Waals surface area (Å²) in [5.74, 6) is 1.23. The average Bonchev–Trinajstić information content (AvgIpc) is 3.15. The summed E-state index contributed by atoms with van der Waals surface area (Å²) < 4.78 is 27.8. The molecule has 1 aromatic heterocycles. The number of aliphatic hydroxyl groups excluding tert-OH is 1. The van der Waals surface area contributed by atoms with Gasteiger partial charge in [-0.25, -0.2) is 0 Å². The van der Waals surface area contributed by atoms with E-state index in [0.29, 0.717) is 44.9 Å². The summed E-state index contributed by atoms with van der Waals surface area (Å²) in [6.45, 7) is 0. The maximum Gasteiger partial charge on any atom is 0.230 e. The molecular weight excluding hydrogens is 340 g/mol. The summed E-state index contributed by atoms with van der Waals surface area (Å²) >= 11 is 0. The number of rotatable bonds is 2. The standard InChI is InChI=1S/C19H14O7/c1-22-9-4-3-5-10-15(9)17(21)16-11(23-2)7-12-14(18(16)24-10)8-6-13(20)26-19(8)25-12/h3-7,13,19-20H,1-2H3/t13-,19?/m1/s1. The van der Waals surface area contributed by atoms with E-state index < -0.39 is 12.6 Å². The molecule has 7 heteroatoms. The zero-order valence-electron chi connectivity index (χ0n) is 13.9. The first-order valence-electron chi connectivity index (χ1n) is 7.99. The second-order valence-corrected chi connectivity index (χ2v) is 6.02. The highest BCUT2D eigenvalue weighted by Crippen LogP contribution is 2.48. The molecule has 2 atom stereocenters. The van der Waals surface area contributed by atoms with E-state index in [2.05, 4.69) is 0 Å². The van der Waals surface area contributed by atoms with E-state index in [1.54, 1.807) is 24.3 Å². The van der Waals surface area contributed by atoms with Crippen LogP contribution in [0.3, 0.4) is 0 Å². The van der Waals surface area contributed by atoms with Gasteiger partial charge in [0.05, 0.1) is 19.8 Å². The number of hydrogen-bond donors (Lipinski definition) is 1. The summed E-state index contributed by atoms with van der Waals surface area (Å²) in [6, 6.07) is 6.78. The molecule has 7 nitrogen and oxygen atoms in total. The lowest BCUT2D eigenvalue weighted by Crippen LogP contribution is -2.16. The van der Waals surface area contributed by atoms with Gasteiger partial charge < -0.3 is 28.5 Å². The molecule has 3 heterocycles. The van der Waals surface area contributed by atoms with Gasteiger partial charge in [0.1, 0.15) is 33.6 Å². The zero-order valence-corrected chi connectivity index (χ0v) is 13.9. The molecule has 2 aliphatic rings. The van der Waals surface area contributed by atoms with Gasteiger partial charge in [-0.05, 0) is 18.2 Å². The minimum Gasteiger partial charge on any atom is -0.496 e. The van der Waals surface area contributed by atoms with Crippen LogP contribution in [0.1, 0.15) is 5.56 Å². The molecule has 5 rings (SSSR count). The number of ether oxygens (including phenoxy) is 4. The molecule has 1 N–H and O–H groups in total. The largest absolute Gasteiger partial charge is 0.496 e. The highest BCUT2D eigenvalue weighted by molar-refractivity contribution is 6.03. The summed E-state index contributed by atoms with van der Waals surface area (Å²) in [5.41, 5.74) is 1.67. The Morgan fingerprint density at radius 2 is 1.92 bits per heavy atom. The average molecular weight is 354 g/mol. The van der Waals surface area contributed by atoms with Crippen LogP contribution in [0, 0.1) is 0 Å². The molecule has 26 heavy (non-hydrogen) atoms. The van der Waals surface area contributed by atoms with Crippen molar-refractivity contribution in [1.82, 2.24) is 0 Å². The summed E-state index contributed by atoms with van der Waals surface area (Å²) in [4.78, 5) is 13.2. The molecule has 132 valence electrons. The van der Waals surface area contributed by atoms with Gasteiger partial charge >= 0.3 is 0 Å². The molecule has 0 radical (unpaired) electrons. The van der Waals surface area contributed by atoms with Gasteiger partial charge in [0.2, 0.25) is 11.7 Å². The molecule has 0 bridgehead atoms. The number of benzene rings is 2. The summed E-state index contributed by atoms with van der Waals surface area (Å²) in [7, 11) is 2.97. The maximum atomic E-state index is 13.2. The van der Waals surface area contributed by atoms with Crippen molar-refractivity contribution in [2.45, 2.75) is 12.6 Å². The van der Waals surface area contributed by atoms with Gasteiger partial charge in [-0.3, -0.25) is 4.79 Å². The normalized spacial score (nSPS) is 20.7. The predicted octanol–water partition coefficient (Wildman–Crippen LogP) is 2.41. The lowest BCUT2D eigenvalue weighted by Gasteiger charge is -2.12. The Kier molecular flexibility index (Phi) is 3.07. The van der Waals surface area contributed by atoms with Gasteiger partial charge in [-0.15, -0.1) is 0 Å². The van der Waals surface area contributed by atoms with E-state index in [1.165, 1.54) is 20.3 Å². The Labute approximate surface area is 146 Å². The van der Waals surface area contributed by atoms with E-state index >= 15 is 0 Å². The third kappa shape index (κ3) is 1.86. The topological polar surface area (TPSA) is 87.4 Å². The Morgan fingerprint density at radius 3 is 2.69 bits per heavy atom. The number of fused-ring (bicyclic) bond motifs is 6.